The van der Waals surface area contributed by atoms with Gasteiger partial charge in [-0.3, -0.25) is 4.79 Å². The lowest BCUT2D eigenvalue weighted by Crippen LogP contribution is -2.30. The Kier molecular flexibility index (Phi) is 5.30. The van der Waals surface area contributed by atoms with Gasteiger partial charge in [-0.1, -0.05) is 13.0 Å². The van der Waals surface area contributed by atoms with Crippen LogP contribution in [0, 0.1) is 5.41 Å². The molecule has 0 spiro atoms. The summed E-state index contributed by atoms with van der Waals surface area (Å²) in [5.74, 6) is 1.38. The maximum absolute atomic E-state index is 12.1. The lowest BCUT2D eigenvalue weighted by Gasteiger charge is -2.14. The predicted octanol–water partition coefficient (Wildman–Crippen LogP) is 3.61. The molecule has 1 aromatic carbocycles. The van der Waals surface area contributed by atoms with Crippen LogP contribution < -0.4 is 10.1 Å². The number of alkyl halides is 1. The highest BCUT2D eigenvalue weighted by Gasteiger charge is 2.41. The van der Waals surface area contributed by atoms with E-state index in [1.165, 1.54) is 12.8 Å². The summed E-state index contributed by atoms with van der Waals surface area (Å²) in [5.41, 5.74) is 0.911. The maximum Gasteiger partial charge on any atom is 0.251 e. The first-order valence-corrected chi connectivity index (χ1v) is 7.79. The van der Waals surface area contributed by atoms with Crippen molar-refractivity contribution >= 4 is 17.5 Å². The van der Waals surface area contributed by atoms with Crippen LogP contribution in [0.4, 0.5) is 0 Å². The first kappa shape index (κ1) is 15.2. The third-order valence-electron chi connectivity index (χ3n) is 3.77. The number of halogens is 1. The standard InChI is InChI=1S/C16H22ClNO2/c1-2-10-20-14-5-3-4-13(11-14)15(19)18-12-16(6-7-16)8-9-17/h3-5,11H,2,6-10,12H2,1H3,(H,18,19). The van der Waals surface area contributed by atoms with Gasteiger partial charge in [-0.05, 0) is 49.3 Å². The minimum atomic E-state index is -0.0344. The first-order chi connectivity index (χ1) is 9.69. The zero-order valence-electron chi connectivity index (χ0n) is 12.0. The van der Waals surface area contributed by atoms with Gasteiger partial charge in [0.1, 0.15) is 5.75 Å². The molecule has 1 aliphatic carbocycles. The summed E-state index contributed by atoms with van der Waals surface area (Å²) < 4.78 is 5.54. The van der Waals surface area contributed by atoms with Crippen molar-refractivity contribution in [3.05, 3.63) is 29.8 Å². The molecule has 0 unspecified atom stereocenters. The molecule has 110 valence electrons. The number of carbonyl (C=O) groups is 1. The number of carbonyl (C=O) groups excluding carboxylic acids is 1. The van der Waals surface area contributed by atoms with Gasteiger partial charge in [-0.25, -0.2) is 0 Å². The predicted molar refractivity (Wildman–Crippen MR) is 81.6 cm³/mol. The molecule has 0 aromatic heterocycles. The average Bonchev–Trinajstić information content (AvgIpc) is 3.23. The molecule has 0 bridgehead atoms. The second-order valence-electron chi connectivity index (χ2n) is 5.50. The van der Waals surface area contributed by atoms with Gasteiger partial charge >= 0.3 is 0 Å². The molecule has 0 heterocycles. The number of benzene rings is 1. The largest absolute Gasteiger partial charge is 0.494 e. The smallest absolute Gasteiger partial charge is 0.251 e. The summed E-state index contributed by atoms with van der Waals surface area (Å²) in [6.45, 7) is 3.45. The molecule has 1 saturated carbocycles. The molecule has 3 nitrogen and oxygen atoms in total. The summed E-state index contributed by atoms with van der Waals surface area (Å²) >= 11 is 5.80. The Bertz CT molecular complexity index is 458. The Hall–Kier alpha value is -1.22. The number of hydrogen-bond donors (Lipinski definition) is 1. The van der Waals surface area contributed by atoms with Crippen molar-refractivity contribution in [1.29, 1.82) is 0 Å². The Labute approximate surface area is 125 Å². The molecule has 1 N–H and O–H groups in total. The highest BCUT2D eigenvalue weighted by atomic mass is 35.5. The Morgan fingerprint density at radius 1 is 1.45 bits per heavy atom. The Morgan fingerprint density at radius 2 is 2.25 bits per heavy atom. The van der Waals surface area contributed by atoms with E-state index in [1.807, 2.05) is 18.2 Å². The van der Waals surface area contributed by atoms with Gasteiger partial charge in [0.05, 0.1) is 6.61 Å². The van der Waals surface area contributed by atoms with Crippen molar-refractivity contribution in [2.75, 3.05) is 19.0 Å². The van der Waals surface area contributed by atoms with Crippen LogP contribution in [-0.2, 0) is 0 Å². The van der Waals surface area contributed by atoms with E-state index in [4.69, 9.17) is 16.3 Å². The molecule has 4 heteroatoms. The molecular weight excluding hydrogens is 274 g/mol. The molecule has 0 atom stereocenters. The molecule has 1 fully saturated rings. The van der Waals surface area contributed by atoms with Crippen LogP contribution in [0.25, 0.3) is 0 Å². The number of nitrogens with one attached hydrogen (secondary N) is 1. The average molecular weight is 296 g/mol. The molecule has 1 aromatic rings. The monoisotopic (exact) mass is 295 g/mol. The summed E-state index contributed by atoms with van der Waals surface area (Å²) in [7, 11) is 0. The number of hydrogen-bond acceptors (Lipinski definition) is 2. The fourth-order valence-electron chi connectivity index (χ4n) is 2.21. The minimum Gasteiger partial charge on any atom is -0.494 e. The fraction of sp³-hybridized carbons (Fsp3) is 0.562. The van der Waals surface area contributed by atoms with E-state index in [0.29, 0.717) is 18.1 Å². The second-order valence-corrected chi connectivity index (χ2v) is 5.88. The van der Waals surface area contributed by atoms with Gasteiger partial charge in [-0.15, -0.1) is 11.6 Å². The minimum absolute atomic E-state index is 0.0344. The van der Waals surface area contributed by atoms with Crippen LogP contribution in [-0.4, -0.2) is 24.9 Å². The number of amides is 1. The highest BCUT2D eigenvalue weighted by molar-refractivity contribution is 6.17. The number of ether oxygens (including phenoxy) is 1. The zero-order chi connectivity index (χ0) is 14.4. The van der Waals surface area contributed by atoms with Crippen molar-refractivity contribution in [2.24, 2.45) is 5.41 Å². The van der Waals surface area contributed by atoms with Crippen molar-refractivity contribution in [3.8, 4) is 5.75 Å². The van der Waals surface area contributed by atoms with Crippen molar-refractivity contribution in [1.82, 2.24) is 5.32 Å². The molecule has 20 heavy (non-hydrogen) atoms. The van der Waals surface area contributed by atoms with Crippen LogP contribution in [0.5, 0.6) is 5.75 Å². The van der Waals surface area contributed by atoms with Crippen LogP contribution in [0.2, 0.25) is 0 Å². The Morgan fingerprint density at radius 3 is 2.90 bits per heavy atom. The SMILES string of the molecule is CCCOc1cccc(C(=O)NCC2(CCCl)CC2)c1. The lowest BCUT2D eigenvalue weighted by molar-refractivity contribution is 0.0944. The summed E-state index contributed by atoms with van der Waals surface area (Å²) in [5, 5.41) is 3.02. The lowest BCUT2D eigenvalue weighted by atomic mass is 10.0. The zero-order valence-corrected chi connectivity index (χ0v) is 12.7. The van der Waals surface area contributed by atoms with E-state index in [-0.39, 0.29) is 11.3 Å². The van der Waals surface area contributed by atoms with Gasteiger partial charge in [0, 0.05) is 18.0 Å². The molecular formula is C16H22ClNO2. The van der Waals surface area contributed by atoms with E-state index in [9.17, 15) is 4.79 Å². The summed E-state index contributed by atoms with van der Waals surface area (Å²) in [6, 6.07) is 7.34. The van der Waals surface area contributed by atoms with E-state index in [2.05, 4.69) is 12.2 Å². The topological polar surface area (TPSA) is 38.3 Å². The van der Waals surface area contributed by atoms with E-state index in [1.54, 1.807) is 6.07 Å². The van der Waals surface area contributed by atoms with Crippen LogP contribution in [0.15, 0.2) is 24.3 Å². The molecule has 0 radical (unpaired) electrons. The van der Waals surface area contributed by atoms with Crippen molar-refractivity contribution < 1.29 is 9.53 Å². The van der Waals surface area contributed by atoms with E-state index < -0.39 is 0 Å². The highest BCUT2D eigenvalue weighted by Crippen LogP contribution is 2.48. The quantitative estimate of drug-likeness (QED) is 0.744. The molecule has 1 aliphatic rings. The van der Waals surface area contributed by atoms with Gasteiger partial charge < -0.3 is 10.1 Å². The molecule has 0 aliphatic heterocycles. The van der Waals surface area contributed by atoms with Gasteiger partial charge in [-0.2, -0.15) is 0 Å². The second kappa shape index (κ2) is 6.98. The summed E-state index contributed by atoms with van der Waals surface area (Å²) in [4.78, 5) is 12.1. The van der Waals surface area contributed by atoms with E-state index >= 15 is 0 Å². The maximum atomic E-state index is 12.1. The molecule has 1 amide bonds. The fourth-order valence-corrected chi connectivity index (χ4v) is 2.61. The summed E-state index contributed by atoms with van der Waals surface area (Å²) in [6.07, 6.45) is 4.27. The van der Waals surface area contributed by atoms with E-state index in [0.717, 1.165) is 25.1 Å². The Balaban J connectivity index is 1.88. The van der Waals surface area contributed by atoms with Crippen LogP contribution in [0.1, 0.15) is 43.0 Å². The van der Waals surface area contributed by atoms with Crippen LogP contribution in [0.3, 0.4) is 0 Å². The molecule has 0 saturated heterocycles. The number of rotatable bonds is 8. The van der Waals surface area contributed by atoms with Gasteiger partial charge in [0.15, 0.2) is 0 Å². The molecule has 2 rings (SSSR count). The first-order valence-electron chi connectivity index (χ1n) is 7.26. The normalized spacial score (nSPS) is 15.7. The third kappa shape index (κ3) is 4.14. The van der Waals surface area contributed by atoms with Gasteiger partial charge in [0.2, 0.25) is 0 Å². The van der Waals surface area contributed by atoms with Gasteiger partial charge in [0.25, 0.3) is 5.91 Å². The van der Waals surface area contributed by atoms with Crippen molar-refractivity contribution in [2.45, 2.75) is 32.6 Å². The third-order valence-corrected chi connectivity index (χ3v) is 3.96. The van der Waals surface area contributed by atoms with Crippen molar-refractivity contribution in [3.63, 3.8) is 0 Å². The van der Waals surface area contributed by atoms with Crippen LogP contribution >= 0.6 is 11.6 Å².